The van der Waals surface area contributed by atoms with Gasteiger partial charge in [-0.05, 0) is 66.8 Å². The second kappa shape index (κ2) is 6.01. The van der Waals surface area contributed by atoms with Crippen LogP contribution in [0, 0.1) is 0 Å². The van der Waals surface area contributed by atoms with Gasteiger partial charge in [-0.1, -0.05) is 0 Å². The van der Waals surface area contributed by atoms with E-state index < -0.39 is 10.1 Å². The van der Waals surface area contributed by atoms with Crippen LogP contribution in [0.25, 0.3) is 24.3 Å². The molecule has 0 saturated carbocycles. The summed E-state index contributed by atoms with van der Waals surface area (Å²) in [6.45, 7) is 0. The maximum Gasteiger partial charge on any atom is 0.296 e. The molecule has 0 unspecified atom stereocenters. The number of hydrogen-bond acceptors (Lipinski definition) is 2. The third-order valence-electron chi connectivity index (χ3n) is 4.54. The molecule has 0 saturated heterocycles. The summed E-state index contributed by atoms with van der Waals surface area (Å²) in [6, 6.07) is 13.0. The first-order valence-electron chi connectivity index (χ1n) is 8.59. The molecular weight excluding hydrogens is 376 g/mol. The van der Waals surface area contributed by atoms with Crippen LogP contribution < -0.4 is 21.4 Å². The first-order chi connectivity index (χ1) is 13.4. The van der Waals surface area contributed by atoms with Crippen molar-refractivity contribution in [3.05, 3.63) is 86.6 Å². The highest BCUT2D eigenvalue weighted by Crippen LogP contribution is 2.06. The zero-order chi connectivity index (χ0) is 19.3. The molecular formula is C20H16N4O3S. The van der Waals surface area contributed by atoms with E-state index in [-0.39, 0.29) is 4.90 Å². The number of nitrogens with one attached hydrogen (secondary N) is 4. The van der Waals surface area contributed by atoms with E-state index in [1.54, 1.807) is 12.2 Å². The van der Waals surface area contributed by atoms with Gasteiger partial charge in [0.1, 0.15) is 4.90 Å². The van der Waals surface area contributed by atoms with E-state index in [0.29, 0.717) is 16.4 Å². The summed E-state index contributed by atoms with van der Waals surface area (Å²) >= 11 is 0. The fourth-order valence-electron chi connectivity index (χ4n) is 3.32. The molecule has 0 spiro atoms. The van der Waals surface area contributed by atoms with Gasteiger partial charge in [0.05, 0.1) is 5.35 Å². The molecule has 1 aliphatic heterocycles. The van der Waals surface area contributed by atoms with Gasteiger partial charge in [0.2, 0.25) is 0 Å². The van der Waals surface area contributed by atoms with Crippen molar-refractivity contribution in [2.75, 3.05) is 0 Å². The molecule has 140 valence electrons. The third kappa shape index (κ3) is 3.15. The van der Waals surface area contributed by atoms with E-state index in [1.807, 2.05) is 48.6 Å². The number of aromatic nitrogens is 4. The Balaban J connectivity index is 1.84. The molecule has 0 fully saturated rings. The fourth-order valence-corrected chi connectivity index (χ4v) is 3.99. The van der Waals surface area contributed by atoms with E-state index in [9.17, 15) is 13.0 Å². The number of H-pyrrole nitrogens is 4. The molecule has 4 aromatic rings. The highest BCUT2D eigenvalue weighted by atomic mass is 32.2. The van der Waals surface area contributed by atoms with Crippen LogP contribution in [0.2, 0.25) is 0 Å². The second-order valence-electron chi connectivity index (χ2n) is 6.66. The van der Waals surface area contributed by atoms with Crippen molar-refractivity contribution in [3.8, 4) is 0 Å². The number of aromatic amines is 4. The van der Waals surface area contributed by atoms with Crippen LogP contribution in [0.5, 0.6) is 0 Å². The highest BCUT2D eigenvalue weighted by Gasteiger charge is 2.13. The van der Waals surface area contributed by atoms with Gasteiger partial charge >= 0.3 is 0 Å². The van der Waals surface area contributed by atoms with Gasteiger partial charge in [-0.15, -0.1) is 0 Å². The van der Waals surface area contributed by atoms with Crippen molar-refractivity contribution >= 4 is 34.4 Å². The summed E-state index contributed by atoms with van der Waals surface area (Å²) in [5, 5.41) is 2.75. The van der Waals surface area contributed by atoms with E-state index >= 15 is 0 Å². The zero-order valence-electron chi connectivity index (χ0n) is 14.5. The van der Waals surface area contributed by atoms with Crippen LogP contribution >= 0.6 is 0 Å². The molecule has 5 N–H and O–H groups in total. The molecule has 0 amide bonds. The van der Waals surface area contributed by atoms with Crippen LogP contribution in [-0.2, 0) is 10.1 Å². The van der Waals surface area contributed by atoms with Crippen molar-refractivity contribution in [3.63, 3.8) is 0 Å². The summed E-state index contributed by atoms with van der Waals surface area (Å²) in [4.78, 5) is 12.7. The molecule has 0 aromatic carbocycles. The lowest BCUT2D eigenvalue weighted by Crippen LogP contribution is -2.15. The monoisotopic (exact) mass is 392 g/mol. The Labute approximate surface area is 159 Å². The average Bonchev–Trinajstić information content (AvgIpc) is 3.38. The lowest BCUT2D eigenvalue weighted by molar-refractivity contribution is 0.482. The Hall–Kier alpha value is -3.49. The average molecular weight is 392 g/mol. The first-order valence-corrected chi connectivity index (χ1v) is 10.0. The smallest absolute Gasteiger partial charge is 0.296 e. The minimum absolute atomic E-state index is 0.171. The molecule has 5 heterocycles. The largest absolute Gasteiger partial charge is 0.355 e. The van der Waals surface area contributed by atoms with Crippen LogP contribution in [0.1, 0.15) is 22.8 Å². The molecule has 0 radical (unpaired) electrons. The van der Waals surface area contributed by atoms with E-state index in [2.05, 4.69) is 19.9 Å². The van der Waals surface area contributed by atoms with Crippen molar-refractivity contribution in [1.29, 1.82) is 0 Å². The van der Waals surface area contributed by atoms with E-state index in [1.165, 1.54) is 6.07 Å². The lowest BCUT2D eigenvalue weighted by atomic mass is 10.3. The second-order valence-corrected chi connectivity index (χ2v) is 8.05. The van der Waals surface area contributed by atoms with E-state index in [0.717, 1.165) is 27.8 Å². The number of fused-ring (bicyclic) bond motifs is 8. The van der Waals surface area contributed by atoms with Gasteiger partial charge in [-0.3, -0.25) is 4.55 Å². The van der Waals surface area contributed by atoms with Crippen LogP contribution in [0.4, 0.5) is 0 Å². The summed E-state index contributed by atoms with van der Waals surface area (Å²) < 4.78 is 33.2. The first kappa shape index (κ1) is 16.7. The molecule has 0 aliphatic carbocycles. The van der Waals surface area contributed by atoms with Crippen LogP contribution in [-0.4, -0.2) is 32.9 Å². The molecule has 0 atom stereocenters. The van der Waals surface area contributed by atoms with Gasteiger partial charge in [-0.25, -0.2) is 0 Å². The van der Waals surface area contributed by atoms with Gasteiger partial charge < -0.3 is 19.9 Å². The predicted octanol–water partition coefficient (Wildman–Crippen LogP) is -0.126. The summed E-state index contributed by atoms with van der Waals surface area (Å²) in [6.07, 6.45) is 7.37. The predicted molar refractivity (Wildman–Crippen MR) is 106 cm³/mol. The molecule has 4 aromatic heterocycles. The van der Waals surface area contributed by atoms with Crippen molar-refractivity contribution in [2.45, 2.75) is 4.90 Å². The SMILES string of the molecule is O=S(=O)(O)c1cc2[nH]c1=Cc1ccc([nH]1)C=c1ccc([nH]1)=Cc1ccc([nH]1)C=2. The lowest BCUT2D eigenvalue weighted by Gasteiger charge is -1.91. The van der Waals surface area contributed by atoms with Crippen molar-refractivity contribution in [2.24, 2.45) is 0 Å². The van der Waals surface area contributed by atoms with Crippen molar-refractivity contribution < 1.29 is 13.0 Å². The molecule has 28 heavy (non-hydrogen) atoms. The Kier molecular flexibility index (Phi) is 3.58. The Morgan fingerprint density at radius 1 is 0.607 bits per heavy atom. The minimum atomic E-state index is -4.37. The summed E-state index contributed by atoms with van der Waals surface area (Å²) in [5.74, 6) is 0. The third-order valence-corrected chi connectivity index (χ3v) is 5.43. The molecule has 1 aliphatic rings. The standard InChI is InChI=1S/C20H16N4O3S/c25-28(26,27)20-11-18-9-16-4-3-14(22-16)7-12-1-2-13(21-12)8-15-5-6-17(23-15)10-19(20)24-18/h1-11,21-24H,(H,25,26,27). The maximum atomic E-state index is 11.8. The quantitative estimate of drug-likeness (QED) is 0.256. The Bertz CT molecular complexity index is 1550. The Morgan fingerprint density at radius 2 is 1.11 bits per heavy atom. The number of hydrogen-bond donors (Lipinski definition) is 5. The molecule has 8 heteroatoms. The maximum absolute atomic E-state index is 11.8. The van der Waals surface area contributed by atoms with Crippen LogP contribution in [0.15, 0.2) is 47.4 Å². The zero-order valence-corrected chi connectivity index (χ0v) is 15.3. The molecule has 7 nitrogen and oxygen atoms in total. The van der Waals surface area contributed by atoms with Crippen molar-refractivity contribution in [1.82, 2.24) is 19.9 Å². The fraction of sp³-hybridized carbons (Fsp3) is 0. The van der Waals surface area contributed by atoms with Gasteiger partial charge in [-0.2, -0.15) is 8.42 Å². The minimum Gasteiger partial charge on any atom is -0.355 e. The topological polar surface area (TPSA) is 118 Å². The normalized spacial score (nSPS) is 13.2. The summed E-state index contributed by atoms with van der Waals surface area (Å²) in [7, 11) is -4.37. The molecule has 8 bridgehead atoms. The van der Waals surface area contributed by atoms with E-state index in [4.69, 9.17) is 0 Å². The summed E-state index contributed by atoms with van der Waals surface area (Å²) in [5.41, 5.74) is 3.27. The molecule has 5 rings (SSSR count). The number of rotatable bonds is 1. The van der Waals surface area contributed by atoms with Gasteiger partial charge in [0, 0.05) is 38.8 Å². The highest BCUT2D eigenvalue weighted by molar-refractivity contribution is 7.85. The van der Waals surface area contributed by atoms with Crippen LogP contribution in [0.3, 0.4) is 0 Å². The van der Waals surface area contributed by atoms with Gasteiger partial charge in [0.25, 0.3) is 10.1 Å². The van der Waals surface area contributed by atoms with Gasteiger partial charge in [0.15, 0.2) is 0 Å². The Morgan fingerprint density at radius 3 is 1.64 bits per heavy atom.